The van der Waals surface area contributed by atoms with Gasteiger partial charge in [-0.05, 0) is 33.7 Å². The lowest BCUT2D eigenvalue weighted by Gasteiger charge is -2.17. The van der Waals surface area contributed by atoms with Crippen molar-refractivity contribution in [3.05, 3.63) is 72.8 Å². The largest absolute Gasteiger partial charge is 0.480 e. The van der Waals surface area contributed by atoms with Crippen molar-refractivity contribution in [1.82, 2.24) is 0 Å². The van der Waals surface area contributed by atoms with Crippen molar-refractivity contribution in [1.29, 1.82) is 0 Å². The summed E-state index contributed by atoms with van der Waals surface area (Å²) in [6, 6.07) is 24.8. The number of rotatable bonds is 3. The van der Waals surface area contributed by atoms with Gasteiger partial charge in [0.2, 0.25) is 0 Å². The quantitative estimate of drug-likeness (QED) is 0.422. The first-order valence-electron chi connectivity index (χ1n) is 7.61. The molecule has 0 fully saturated rings. The molecule has 0 heterocycles. The maximum Gasteiger partial charge on any atom is 0.131 e. The molecule has 4 heteroatoms. The maximum absolute atomic E-state index is 5.61. The SMILES string of the molecule is POc1ccc2ccccc2c1-c1c(OP)ccc2ccccc12. The maximum atomic E-state index is 5.61. The van der Waals surface area contributed by atoms with Crippen LogP contribution in [-0.2, 0) is 0 Å². The van der Waals surface area contributed by atoms with Crippen LogP contribution in [0.2, 0.25) is 0 Å². The highest BCUT2D eigenvalue weighted by Crippen LogP contribution is 2.46. The number of hydrogen-bond acceptors (Lipinski definition) is 2. The third-order valence-electron chi connectivity index (χ3n) is 4.29. The van der Waals surface area contributed by atoms with Crippen LogP contribution in [0.5, 0.6) is 11.5 Å². The summed E-state index contributed by atoms with van der Waals surface area (Å²) in [5.41, 5.74) is 2.08. The first-order chi connectivity index (χ1) is 11.8. The van der Waals surface area contributed by atoms with Gasteiger partial charge in [0.05, 0.1) is 18.9 Å². The first-order valence-corrected chi connectivity index (χ1v) is 8.55. The van der Waals surface area contributed by atoms with E-state index in [1.165, 1.54) is 10.8 Å². The Hall–Kier alpha value is -2.14. The molecule has 4 rings (SSSR count). The highest BCUT2D eigenvalue weighted by atomic mass is 31.0. The smallest absolute Gasteiger partial charge is 0.131 e. The molecule has 0 amide bonds. The van der Waals surface area contributed by atoms with Crippen LogP contribution >= 0.6 is 18.9 Å². The molecule has 2 nitrogen and oxygen atoms in total. The Bertz CT molecular complexity index is 959. The topological polar surface area (TPSA) is 18.5 Å². The Morgan fingerprint density at radius 2 is 0.917 bits per heavy atom. The molecule has 0 aliphatic rings. The second-order valence-corrected chi connectivity index (χ2v) is 6.03. The Kier molecular flexibility index (Phi) is 4.10. The van der Waals surface area contributed by atoms with E-state index in [2.05, 4.69) is 55.3 Å². The lowest BCUT2D eigenvalue weighted by atomic mass is 9.92. The van der Waals surface area contributed by atoms with Gasteiger partial charge < -0.3 is 9.05 Å². The summed E-state index contributed by atoms with van der Waals surface area (Å²) in [5, 5.41) is 4.61. The zero-order valence-electron chi connectivity index (χ0n) is 12.9. The monoisotopic (exact) mass is 350 g/mol. The molecule has 2 atom stereocenters. The number of benzene rings is 4. The van der Waals surface area contributed by atoms with E-state index in [1.807, 2.05) is 36.4 Å². The third-order valence-corrected chi connectivity index (χ3v) is 4.79. The summed E-state index contributed by atoms with van der Waals surface area (Å²) in [7, 11) is 4.70. The van der Waals surface area contributed by atoms with E-state index in [4.69, 9.17) is 9.05 Å². The minimum atomic E-state index is 0.804. The molecule has 0 saturated carbocycles. The van der Waals surface area contributed by atoms with Gasteiger partial charge >= 0.3 is 0 Å². The van der Waals surface area contributed by atoms with E-state index in [0.717, 1.165) is 33.4 Å². The minimum absolute atomic E-state index is 0.804. The number of fused-ring (bicyclic) bond motifs is 2. The Balaban J connectivity index is 2.21. The molecule has 118 valence electrons. The zero-order chi connectivity index (χ0) is 16.5. The molecule has 0 spiro atoms. The van der Waals surface area contributed by atoms with Crippen LogP contribution in [0.1, 0.15) is 0 Å². The average Bonchev–Trinajstić information content (AvgIpc) is 2.66. The molecule has 2 unspecified atom stereocenters. The summed E-state index contributed by atoms with van der Waals surface area (Å²) in [4.78, 5) is 0. The fourth-order valence-electron chi connectivity index (χ4n) is 3.22. The van der Waals surface area contributed by atoms with Gasteiger partial charge in [-0.1, -0.05) is 60.7 Å². The van der Waals surface area contributed by atoms with Crippen LogP contribution in [0.25, 0.3) is 32.7 Å². The number of hydrogen-bond donors (Lipinski definition) is 0. The minimum Gasteiger partial charge on any atom is -0.480 e. The van der Waals surface area contributed by atoms with Gasteiger partial charge in [0.15, 0.2) is 0 Å². The van der Waals surface area contributed by atoms with Crippen LogP contribution in [0.3, 0.4) is 0 Å². The van der Waals surface area contributed by atoms with Crippen LogP contribution < -0.4 is 9.05 Å². The van der Waals surface area contributed by atoms with E-state index in [9.17, 15) is 0 Å². The molecule has 4 aromatic rings. The second kappa shape index (κ2) is 6.40. The van der Waals surface area contributed by atoms with Crippen molar-refractivity contribution in [3.8, 4) is 22.6 Å². The van der Waals surface area contributed by atoms with E-state index >= 15 is 0 Å². The standard InChI is InChI=1S/C20H16O2P2/c23-21-17-11-9-13-5-1-3-7-15(13)19(17)20-16-8-4-2-6-14(16)10-12-18(20)22-24/h1-12H,23-24H2. The highest BCUT2D eigenvalue weighted by molar-refractivity contribution is 7.10. The molecule has 4 aromatic carbocycles. The van der Waals surface area contributed by atoms with Crippen molar-refractivity contribution < 1.29 is 9.05 Å². The first kappa shape index (κ1) is 15.4. The van der Waals surface area contributed by atoms with Gasteiger partial charge in [-0.2, -0.15) is 0 Å². The van der Waals surface area contributed by atoms with Crippen molar-refractivity contribution in [2.24, 2.45) is 0 Å². The van der Waals surface area contributed by atoms with Crippen LogP contribution in [0.15, 0.2) is 72.8 Å². The molecule has 24 heavy (non-hydrogen) atoms. The zero-order valence-corrected chi connectivity index (χ0v) is 15.2. The second-order valence-electron chi connectivity index (χ2n) is 5.56. The van der Waals surface area contributed by atoms with Gasteiger partial charge in [-0.15, -0.1) is 0 Å². The van der Waals surface area contributed by atoms with Gasteiger partial charge in [-0.3, -0.25) is 0 Å². The molecular formula is C20H16O2P2. The van der Waals surface area contributed by atoms with Crippen molar-refractivity contribution in [2.75, 3.05) is 0 Å². The van der Waals surface area contributed by atoms with Gasteiger partial charge in [0.1, 0.15) is 11.5 Å². The molecule has 0 aliphatic heterocycles. The molecule has 0 radical (unpaired) electrons. The van der Waals surface area contributed by atoms with Crippen molar-refractivity contribution in [2.45, 2.75) is 0 Å². The summed E-state index contributed by atoms with van der Waals surface area (Å²) in [6.45, 7) is 0. The summed E-state index contributed by atoms with van der Waals surface area (Å²) in [6.07, 6.45) is 0. The van der Waals surface area contributed by atoms with E-state index < -0.39 is 0 Å². The summed E-state index contributed by atoms with van der Waals surface area (Å²) < 4.78 is 11.2. The molecule has 0 N–H and O–H groups in total. The van der Waals surface area contributed by atoms with Gasteiger partial charge in [-0.25, -0.2) is 0 Å². The van der Waals surface area contributed by atoms with E-state index in [-0.39, 0.29) is 0 Å². The fourth-order valence-corrected chi connectivity index (χ4v) is 3.61. The predicted molar refractivity (Wildman–Crippen MR) is 108 cm³/mol. The molecule has 0 bridgehead atoms. The van der Waals surface area contributed by atoms with Gasteiger partial charge in [0, 0.05) is 11.1 Å². The van der Waals surface area contributed by atoms with Crippen molar-refractivity contribution >= 4 is 40.5 Å². The normalized spacial score (nSPS) is 10.9. The lowest BCUT2D eigenvalue weighted by molar-refractivity contribution is 0.640. The van der Waals surface area contributed by atoms with E-state index in [0.29, 0.717) is 0 Å². The summed E-state index contributed by atoms with van der Waals surface area (Å²) >= 11 is 0. The Labute approximate surface area is 145 Å². The predicted octanol–water partition coefficient (Wildman–Crippen LogP) is 6.00. The van der Waals surface area contributed by atoms with Crippen LogP contribution in [0.4, 0.5) is 0 Å². The molecule has 0 aliphatic carbocycles. The molecule has 0 saturated heterocycles. The summed E-state index contributed by atoms with van der Waals surface area (Å²) in [5.74, 6) is 1.61. The lowest BCUT2D eigenvalue weighted by Crippen LogP contribution is -1.90. The molecule has 0 aromatic heterocycles. The van der Waals surface area contributed by atoms with Gasteiger partial charge in [0.25, 0.3) is 0 Å². The fraction of sp³-hybridized carbons (Fsp3) is 0. The molecular weight excluding hydrogens is 334 g/mol. The Morgan fingerprint density at radius 1 is 0.500 bits per heavy atom. The average molecular weight is 350 g/mol. The van der Waals surface area contributed by atoms with E-state index in [1.54, 1.807) is 0 Å². The Morgan fingerprint density at radius 3 is 1.33 bits per heavy atom. The third kappa shape index (κ3) is 2.44. The highest BCUT2D eigenvalue weighted by Gasteiger charge is 2.17. The van der Waals surface area contributed by atoms with Crippen LogP contribution in [0, 0.1) is 0 Å². The van der Waals surface area contributed by atoms with Crippen molar-refractivity contribution in [3.63, 3.8) is 0 Å². The van der Waals surface area contributed by atoms with Crippen LogP contribution in [-0.4, -0.2) is 0 Å².